The van der Waals surface area contributed by atoms with Crippen molar-refractivity contribution in [2.45, 2.75) is 26.0 Å². The summed E-state index contributed by atoms with van der Waals surface area (Å²) < 4.78 is 6.51. The van der Waals surface area contributed by atoms with Gasteiger partial charge in [-0.05, 0) is 43.2 Å². The summed E-state index contributed by atoms with van der Waals surface area (Å²) in [5.74, 6) is 0.457. The maximum atomic E-state index is 12.6. The van der Waals surface area contributed by atoms with Crippen molar-refractivity contribution in [3.8, 4) is 5.75 Å². The molecule has 0 aliphatic carbocycles. The van der Waals surface area contributed by atoms with E-state index in [2.05, 4.69) is 22.0 Å². The molecule has 4 nitrogen and oxygen atoms in total. The van der Waals surface area contributed by atoms with E-state index in [1.54, 1.807) is 17.0 Å². The minimum Gasteiger partial charge on any atom is -0.483 e. The Labute approximate surface area is 143 Å². The van der Waals surface area contributed by atoms with Crippen LogP contribution in [0.4, 0.5) is 5.69 Å². The first-order valence-electron chi connectivity index (χ1n) is 7.52. The molecule has 0 saturated heterocycles. The average Bonchev–Trinajstić information content (AvgIpc) is 2.89. The Bertz CT molecular complexity index is 732. The predicted molar refractivity (Wildman–Crippen MR) is 92.7 cm³/mol. The number of anilines is 1. The van der Waals surface area contributed by atoms with Gasteiger partial charge in [0.1, 0.15) is 5.75 Å². The number of nitrogens with zero attached hydrogens (tertiary/aromatic N) is 1. The van der Waals surface area contributed by atoms with Gasteiger partial charge in [-0.2, -0.15) is 0 Å². The first-order chi connectivity index (χ1) is 11.1. The van der Waals surface area contributed by atoms with Crippen molar-refractivity contribution < 1.29 is 14.6 Å². The molecule has 5 heteroatoms. The number of aliphatic hydroxyl groups excluding tert-OH is 1. The van der Waals surface area contributed by atoms with E-state index >= 15 is 0 Å². The van der Waals surface area contributed by atoms with Crippen LogP contribution in [0.3, 0.4) is 0 Å². The van der Waals surface area contributed by atoms with Crippen molar-refractivity contribution in [3.05, 3.63) is 58.1 Å². The van der Waals surface area contributed by atoms with Crippen LogP contribution >= 0.6 is 15.9 Å². The number of amides is 1. The largest absolute Gasteiger partial charge is 0.483 e. The Balaban J connectivity index is 1.73. The predicted octanol–water partition coefficient (Wildman–Crippen LogP) is 3.30. The highest BCUT2D eigenvalue weighted by Gasteiger charge is 2.30. The molecule has 120 valence electrons. The lowest BCUT2D eigenvalue weighted by atomic mass is 10.1. The summed E-state index contributed by atoms with van der Waals surface area (Å²) in [5, 5.41) is 9.40. The van der Waals surface area contributed by atoms with Crippen LogP contribution in [0.5, 0.6) is 5.75 Å². The summed E-state index contributed by atoms with van der Waals surface area (Å²) in [6.07, 6.45) is 0.863. The summed E-state index contributed by atoms with van der Waals surface area (Å²) in [7, 11) is 0. The van der Waals surface area contributed by atoms with E-state index in [1.165, 1.54) is 5.56 Å². The van der Waals surface area contributed by atoms with Crippen LogP contribution in [0.1, 0.15) is 18.1 Å². The second-order valence-electron chi connectivity index (χ2n) is 5.64. The highest BCUT2D eigenvalue weighted by atomic mass is 79.9. The highest BCUT2D eigenvalue weighted by Crippen LogP contribution is 2.32. The van der Waals surface area contributed by atoms with Crippen LogP contribution < -0.4 is 9.64 Å². The molecule has 2 aromatic carbocycles. The van der Waals surface area contributed by atoms with Crippen molar-refractivity contribution in [2.24, 2.45) is 0 Å². The number of fused-ring (bicyclic) bond motifs is 1. The Morgan fingerprint density at radius 3 is 2.91 bits per heavy atom. The van der Waals surface area contributed by atoms with Gasteiger partial charge >= 0.3 is 0 Å². The standard InChI is InChI=1S/C18H18BrNO3/c1-12-8-13-4-2-3-5-16(13)20(12)18(22)11-23-17-7-6-15(19)9-14(17)10-21/h2-7,9,12,21H,8,10-11H2,1H3. The quantitative estimate of drug-likeness (QED) is 0.891. The fraction of sp³-hybridized carbons (Fsp3) is 0.278. The number of carbonyl (C=O) groups excluding carboxylic acids is 1. The van der Waals surface area contributed by atoms with Gasteiger partial charge in [0.2, 0.25) is 0 Å². The molecule has 3 rings (SSSR count). The van der Waals surface area contributed by atoms with Gasteiger partial charge in [0.25, 0.3) is 5.91 Å². The lowest BCUT2D eigenvalue weighted by molar-refractivity contribution is -0.120. The van der Waals surface area contributed by atoms with E-state index in [9.17, 15) is 9.90 Å². The third-order valence-electron chi connectivity index (χ3n) is 4.02. The van der Waals surface area contributed by atoms with Crippen molar-refractivity contribution in [3.63, 3.8) is 0 Å². The monoisotopic (exact) mass is 375 g/mol. The number of aliphatic hydroxyl groups is 1. The molecule has 1 N–H and O–H groups in total. The van der Waals surface area contributed by atoms with Crippen molar-refractivity contribution >= 4 is 27.5 Å². The average molecular weight is 376 g/mol. The van der Waals surface area contributed by atoms with Crippen LogP contribution in [0.25, 0.3) is 0 Å². The van der Waals surface area contributed by atoms with Crippen LogP contribution in [-0.2, 0) is 17.8 Å². The second-order valence-corrected chi connectivity index (χ2v) is 6.56. The van der Waals surface area contributed by atoms with Gasteiger partial charge in [0.15, 0.2) is 6.61 Å². The number of rotatable bonds is 4. The second kappa shape index (κ2) is 6.72. The molecule has 0 saturated carbocycles. The molecular weight excluding hydrogens is 358 g/mol. The summed E-state index contributed by atoms with van der Waals surface area (Å²) >= 11 is 3.36. The minimum atomic E-state index is -0.133. The van der Waals surface area contributed by atoms with Gasteiger partial charge < -0.3 is 14.7 Å². The molecule has 23 heavy (non-hydrogen) atoms. The molecule has 1 amide bonds. The normalized spacial score (nSPS) is 16.3. The molecule has 0 aromatic heterocycles. The number of carbonyl (C=O) groups is 1. The zero-order valence-corrected chi connectivity index (χ0v) is 14.4. The molecule has 1 aliphatic heterocycles. The fourth-order valence-corrected chi connectivity index (χ4v) is 3.38. The number of ether oxygens (including phenoxy) is 1. The smallest absolute Gasteiger partial charge is 0.265 e. The van der Waals surface area contributed by atoms with E-state index in [0.29, 0.717) is 11.3 Å². The Morgan fingerprint density at radius 1 is 1.35 bits per heavy atom. The number of halogens is 1. The Kier molecular flexibility index (Phi) is 4.68. The summed E-state index contributed by atoms with van der Waals surface area (Å²) in [5.41, 5.74) is 2.81. The van der Waals surface area contributed by atoms with Crippen LogP contribution in [-0.4, -0.2) is 23.7 Å². The van der Waals surface area contributed by atoms with Gasteiger partial charge in [0.05, 0.1) is 6.61 Å². The molecular formula is C18H18BrNO3. The van der Waals surface area contributed by atoms with E-state index in [4.69, 9.17) is 4.74 Å². The molecule has 1 atom stereocenters. The van der Waals surface area contributed by atoms with E-state index < -0.39 is 0 Å². The first kappa shape index (κ1) is 16.0. The number of hydrogen-bond donors (Lipinski definition) is 1. The van der Waals surface area contributed by atoms with Crippen LogP contribution in [0, 0.1) is 0 Å². The zero-order chi connectivity index (χ0) is 16.4. The third-order valence-corrected chi connectivity index (χ3v) is 4.51. The zero-order valence-electron chi connectivity index (χ0n) is 12.8. The van der Waals surface area contributed by atoms with Crippen molar-refractivity contribution in [1.82, 2.24) is 0 Å². The maximum absolute atomic E-state index is 12.6. The van der Waals surface area contributed by atoms with Gasteiger partial charge in [-0.3, -0.25) is 4.79 Å². The molecule has 1 heterocycles. The van der Waals surface area contributed by atoms with Crippen LogP contribution in [0.15, 0.2) is 46.9 Å². The SMILES string of the molecule is CC1Cc2ccccc2N1C(=O)COc1ccc(Br)cc1CO. The van der Waals surface area contributed by atoms with E-state index in [1.807, 2.05) is 31.2 Å². The highest BCUT2D eigenvalue weighted by molar-refractivity contribution is 9.10. The maximum Gasteiger partial charge on any atom is 0.265 e. The Hall–Kier alpha value is -1.85. The fourth-order valence-electron chi connectivity index (χ4n) is 2.97. The van der Waals surface area contributed by atoms with Gasteiger partial charge in [-0.25, -0.2) is 0 Å². The lowest BCUT2D eigenvalue weighted by Gasteiger charge is -2.23. The summed E-state index contributed by atoms with van der Waals surface area (Å²) in [6, 6.07) is 13.5. The molecule has 1 unspecified atom stereocenters. The molecule has 0 spiro atoms. The first-order valence-corrected chi connectivity index (χ1v) is 8.31. The molecule has 0 radical (unpaired) electrons. The third kappa shape index (κ3) is 3.26. The van der Waals surface area contributed by atoms with E-state index in [0.717, 1.165) is 16.6 Å². The van der Waals surface area contributed by atoms with Gasteiger partial charge in [-0.1, -0.05) is 34.1 Å². The number of hydrogen-bond acceptors (Lipinski definition) is 3. The number of para-hydroxylation sites is 1. The topological polar surface area (TPSA) is 49.8 Å². The van der Waals surface area contributed by atoms with Crippen molar-refractivity contribution in [2.75, 3.05) is 11.5 Å². The van der Waals surface area contributed by atoms with E-state index in [-0.39, 0.29) is 25.2 Å². The molecule has 1 aliphatic rings. The van der Waals surface area contributed by atoms with Crippen molar-refractivity contribution in [1.29, 1.82) is 0 Å². The molecule has 2 aromatic rings. The lowest BCUT2D eigenvalue weighted by Crippen LogP contribution is -2.39. The number of benzene rings is 2. The Morgan fingerprint density at radius 2 is 2.13 bits per heavy atom. The van der Waals surface area contributed by atoms with Gasteiger partial charge in [0, 0.05) is 21.8 Å². The summed E-state index contributed by atoms with van der Waals surface area (Å²) in [4.78, 5) is 14.4. The van der Waals surface area contributed by atoms with Crippen LogP contribution in [0.2, 0.25) is 0 Å². The summed E-state index contributed by atoms with van der Waals surface area (Å²) in [6.45, 7) is 1.86. The van der Waals surface area contributed by atoms with Gasteiger partial charge in [-0.15, -0.1) is 0 Å². The molecule has 0 fully saturated rings. The minimum absolute atomic E-state index is 0.0483. The molecule has 0 bridgehead atoms.